The lowest BCUT2D eigenvalue weighted by atomic mass is 10.1. The highest BCUT2D eigenvalue weighted by atomic mass is 35.5. The van der Waals surface area contributed by atoms with Gasteiger partial charge in [-0.05, 0) is 43.0 Å². The molecule has 4 rings (SSSR count). The number of nitro groups is 1. The van der Waals surface area contributed by atoms with E-state index in [0.29, 0.717) is 34.9 Å². The van der Waals surface area contributed by atoms with Crippen LogP contribution in [0.5, 0.6) is 0 Å². The fourth-order valence-corrected chi connectivity index (χ4v) is 6.28. The van der Waals surface area contributed by atoms with E-state index < -0.39 is 20.9 Å². The Labute approximate surface area is 244 Å². The van der Waals surface area contributed by atoms with Gasteiger partial charge in [-0.2, -0.15) is 4.31 Å². The number of carbonyl (C=O) groups excluding carboxylic acids is 1. The molecule has 1 saturated heterocycles. The molecular weight excluding hydrogens is 570 g/mol. The number of carbonyl (C=O) groups is 1. The summed E-state index contributed by atoms with van der Waals surface area (Å²) in [4.78, 5) is 26.0. The van der Waals surface area contributed by atoms with Crippen molar-refractivity contribution in [2.45, 2.75) is 38.9 Å². The molecule has 0 radical (unpaired) electrons. The number of amides is 1. The maximum absolute atomic E-state index is 13.3. The number of halogens is 1. The Bertz CT molecular complexity index is 1470. The topological polar surface area (TPSA) is 146 Å². The maximum Gasteiger partial charge on any atom is 0.293 e. The third-order valence-electron chi connectivity index (χ3n) is 7.38. The summed E-state index contributed by atoms with van der Waals surface area (Å²) in [5.74, 6) is -0.894. The van der Waals surface area contributed by atoms with Crippen molar-refractivity contribution in [2.24, 2.45) is 5.41 Å². The molecule has 1 heterocycles. The number of rotatable bonds is 12. The summed E-state index contributed by atoms with van der Waals surface area (Å²) in [6, 6.07) is 11.2. The van der Waals surface area contributed by atoms with Gasteiger partial charge in [-0.25, -0.2) is 8.42 Å². The van der Waals surface area contributed by atoms with Gasteiger partial charge in [0.1, 0.15) is 5.70 Å². The third-order valence-corrected chi connectivity index (χ3v) is 9.46. The van der Waals surface area contributed by atoms with Crippen LogP contribution in [0.3, 0.4) is 0 Å². The Morgan fingerprint density at radius 2 is 1.90 bits per heavy atom. The lowest BCUT2D eigenvalue weighted by Crippen LogP contribution is -2.49. The maximum atomic E-state index is 13.3. The van der Waals surface area contributed by atoms with Crippen LogP contribution in [0.15, 0.2) is 53.9 Å². The summed E-state index contributed by atoms with van der Waals surface area (Å²) in [6.45, 7) is 4.89. The number of anilines is 1. The van der Waals surface area contributed by atoms with Gasteiger partial charge in [0.25, 0.3) is 11.6 Å². The molecule has 2 aromatic rings. The van der Waals surface area contributed by atoms with Crippen LogP contribution >= 0.6 is 11.6 Å². The summed E-state index contributed by atoms with van der Waals surface area (Å²) >= 11 is 6.06. The first-order chi connectivity index (χ1) is 19.4. The summed E-state index contributed by atoms with van der Waals surface area (Å²) < 4.78 is 33.8. The van der Waals surface area contributed by atoms with Crippen molar-refractivity contribution in [2.75, 3.05) is 38.1 Å². The number of hydrogen-bond donors (Lipinski definition) is 2. The quantitative estimate of drug-likeness (QED) is 0.119. The van der Waals surface area contributed by atoms with Gasteiger partial charge >= 0.3 is 0 Å². The molecule has 0 aromatic heterocycles. The van der Waals surface area contributed by atoms with Crippen LogP contribution in [-0.4, -0.2) is 67.5 Å². The largest absolute Gasteiger partial charge is 0.486 e. The second-order valence-corrected chi connectivity index (χ2v) is 13.0. The van der Waals surface area contributed by atoms with Crippen LogP contribution in [0, 0.1) is 20.9 Å². The minimum atomic E-state index is -3.77. The molecule has 2 aromatic carbocycles. The number of nitro benzene ring substituents is 1. The smallest absolute Gasteiger partial charge is 0.293 e. The van der Waals surface area contributed by atoms with Crippen molar-refractivity contribution < 1.29 is 22.9 Å². The van der Waals surface area contributed by atoms with Gasteiger partial charge in [-0.1, -0.05) is 43.6 Å². The van der Waals surface area contributed by atoms with Gasteiger partial charge in [0.15, 0.2) is 0 Å². The predicted octanol–water partition coefficient (Wildman–Crippen LogP) is 4.57. The Balaban J connectivity index is 1.49. The van der Waals surface area contributed by atoms with Crippen LogP contribution in [0.1, 0.15) is 37.8 Å². The van der Waals surface area contributed by atoms with Crippen molar-refractivity contribution >= 4 is 45.1 Å². The molecule has 1 saturated carbocycles. The second kappa shape index (κ2) is 12.6. The number of ether oxygens (including phenoxy) is 1. The van der Waals surface area contributed by atoms with Crippen molar-refractivity contribution in [1.29, 1.82) is 5.41 Å². The molecule has 13 heteroatoms. The van der Waals surface area contributed by atoms with Crippen molar-refractivity contribution in [3.05, 3.63) is 80.2 Å². The van der Waals surface area contributed by atoms with Crippen LogP contribution in [0.4, 0.5) is 11.4 Å². The molecule has 2 aliphatic rings. The number of aryl methyl sites for hydroxylation is 1. The normalized spacial score (nSPS) is 17.4. The molecule has 0 atom stereocenters. The van der Waals surface area contributed by atoms with Gasteiger partial charge < -0.3 is 20.4 Å². The molecule has 0 unspecified atom stereocenters. The Morgan fingerprint density at radius 3 is 2.49 bits per heavy atom. The van der Waals surface area contributed by atoms with Gasteiger partial charge in [-0.15, -0.1) is 0 Å². The van der Waals surface area contributed by atoms with Crippen LogP contribution < -0.4 is 5.32 Å². The predicted molar refractivity (Wildman–Crippen MR) is 157 cm³/mol. The van der Waals surface area contributed by atoms with Crippen molar-refractivity contribution in [1.82, 2.24) is 9.21 Å². The minimum Gasteiger partial charge on any atom is -0.486 e. The van der Waals surface area contributed by atoms with Crippen molar-refractivity contribution in [3.8, 4) is 0 Å². The first-order valence-corrected chi connectivity index (χ1v) is 15.4. The van der Waals surface area contributed by atoms with Gasteiger partial charge in [0, 0.05) is 60.1 Å². The number of allylic oxidation sites excluding steroid dienone is 1. The lowest BCUT2D eigenvalue weighted by molar-refractivity contribution is -0.385. The molecule has 1 aliphatic heterocycles. The van der Waals surface area contributed by atoms with Crippen LogP contribution in [0.25, 0.3) is 0 Å². The van der Waals surface area contributed by atoms with E-state index >= 15 is 0 Å². The molecule has 2 fully saturated rings. The SMILES string of the molecule is CCc1ccc(CS(=O)(=O)N2CCN(/C(C=N)=C(\OCC3(C)CC3)C(=O)Nc3cccc(Cl)c3)CC2)cc1[N+](=O)[O-]. The zero-order valence-corrected chi connectivity index (χ0v) is 24.6. The van der Waals surface area contributed by atoms with E-state index in [0.717, 1.165) is 19.1 Å². The van der Waals surface area contributed by atoms with Crippen molar-refractivity contribution in [3.63, 3.8) is 0 Å². The zero-order valence-electron chi connectivity index (χ0n) is 23.1. The standard InChI is InChI=1S/C28H34ClN5O6S/c1-3-21-8-7-20(15-24(21)34(36)37)18-41(38,39)33-13-11-32(12-14-33)25(17-30)26(40-19-28(2)9-10-28)27(35)31-23-6-4-5-22(29)16-23/h4-8,15-17,30H,3,9-14,18-19H2,1-2H3,(H,31,35)/b26-25-,30-17?. The molecule has 1 aliphatic carbocycles. The second-order valence-electron chi connectivity index (χ2n) is 10.6. The van der Waals surface area contributed by atoms with E-state index in [9.17, 15) is 23.3 Å². The number of nitrogens with zero attached hydrogens (tertiary/aromatic N) is 3. The minimum absolute atomic E-state index is 0.00673. The summed E-state index contributed by atoms with van der Waals surface area (Å²) in [5.41, 5.74) is 1.52. The highest BCUT2D eigenvalue weighted by Gasteiger charge is 2.39. The lowest BCUT2D eigenvalue weighted by Gasteiger charge is -2.36. The van der Waals surface area contributed by atoms with E-state index in [1.54, 1.807) is 48.2 Å². The summed E-state index contributed by atoms with van der Waals surface area (Å²) in [6.07, 6.45) is 3.49. The number of nitrogens with one attached hydrogen (secondary N) is 2. The summed E-state index contributed by atoms with van der Waals surface area (Å²) in [5, 5.41) is 22.8. The molecule has 2 N–H and O–H groups in total. The van der Waals surface area contributed by atoms with E-state index in [1.165, 1.54) is 10.4 Å². The Hall–Kier alpha value is -3.48. The van der Waals surface area contributed by atoms with Gasteiger partial charge in [0.2, 0.25) is 15.8 Å². The van der Waals surface area contributed by atoms with E-state index in [1.807, 2.05) is 0 Å². The van der Waals surface area contributed by atoms with Gasteiger partial charge in [-0.3, -0.25) is 14.9 Å². The fourth-order valence-electron chi connectivity index (χ4n) is 4.59. The zero-order chi connectivity index (χ0) is 29.8. The molecule has 220 valence electrons. The molecular formula is C28H34ClN5O6S. The summed E-state index contributed by atoms with van der Waals surface area (Å²) in [7, 11) is -3.77. The monoisotopic (exact) mass is 603 g/mol. The number of sulfonamides is 1. The number of hydrogen-bond acceptors (Lipinski definition) is 8. The molecule has 0 bridgehead atoms. The van der Waals surface area contributed by atoms with Crippen LogP contribution in [-0.2, 0) is 31.7 Å². The highest BCUT2D eigenvalue weighted by molar-refractivity contribution is 7.88. The average Bonchev–Trinajstić information content (AvgIpc) is 3.67. The Morgan fingerprint density at radius 1 is 1.20 bits per heavy atom. The number of benzene rings is 2. The highest BCUT2D eigenvalue weighted by Crippen LogP contribution is 2.45. The Kier molecular flexibility index (Phi) is 9.35. The molecule has 41 heavy (non-hydrogen) atoms. The average molecular weight is 604 g/mol. The molecule has 11 nitrogen and oxygen atoms in total. The van der Waals surface area contributed by atoms with Gasteiger partial charge in [0.05, 0.1) is 17.3 Å². The molecule has 0 spiro atoms. The molecule has 1 amide bonds. The van der Waals surface area contributed by atoms with E-state index in [-0.39, 0.29) is 54.5 Å². The first kappa shape index (κ1) is 30.5. The van der Waals surface area contributed by atoms with E-state index in [2.05, 4.69) is 12.2 Å². The number of piperazine rings is 1. The third kappa shape index (κ3) is 7.63. The fraction of sp³-hybridized carbons (Fsp3) is 0.429. The van der Waals surface area contributed by atoms with E-state index in [4.69, 9.17) is 21.7 Å². The first-order valence-electron chi connectivity index (χ1n) is 13.4. The van der Waals surface area contributed by atoms with Crippen LogP contribution in [0.2, 0.25) is 5.02 Å².